The topological polar surface area (TPSA) is 107 Å². The number of aryl methyl sites for hydroxylation is 1. The van der Waals surface area contributed by atoms with Crippen molar-refractivity contribution in [3.8, 4) is 0 Å². The second kappa shape index (κ2) is 13.2. The Morgan fingerprint density at radius 2 is 1.97 bits per heavy atom. The van der Waals surface area contributed by atoms with Crippen LogP contribution < -0.4 is 16.2 Å². The summed E-state index contributed by atoms with van der Waals surface area (Å²) in [6.07, 6.45) is 2.41. The van der Waals surface area contributed by atoms with Gasteiger partial charge < -0.3 is 15.1 Å². The van der Waals surface area contributed by atoms with Crippen LogP contribution in [0.1, 0.15) is 54.6 Å². The molecular formula is C24H32Cl2N6O3S. The molecule has 1 aliphatic rings. The van der Waals surface area contributed by atoms with Gasteiger partial charge in [-0.25, -0.2) is 15.2 Å². The predicted molar refractivity (Wildman–Crippen MR) is 142 cm³/mol. The van der Waals surface area contributed by atoms with E-state index in [1.165, 1.54) is 6.92 Å². The van der Waals surface area contributed by atoms with Crippen molar-refractivity contribution in [2.75, 3.05) is 19.6 Å². The second-order valence-corrected chi connectivity index (χ2v) is 10.5. The molecule has 2 aromatic rings. The van der Waals surface area contributed by atoms with Crippen LogP contribution in [-0.2, 0) is 11.3 Å². The molecule has 2 aromatic heterocycles. The van der Waals surface area contributed by atoms with Crippen LogP contribution in [0.3, 0.4) is 0 Å². The molecule has 0 saturated carbocycles. The normalized spacial score (nSPS) is 15.2. The summed E-state index contributed by atoms with van der Waals surface area (Å²) in [5.41, 5.74) is 6.98. The molecule has 1 unspecified atom stereocenters. The Hall–Kier alpha value is -2.40. The van der Waals surface area contributed by atoms with Gasteiger partial charge in [-0.05, 0) is 67.1 Å². The monoisotopic (exact) mass is 554 g/mol. The number of hydrogen-bond acceptors (Lipinski definition) is 6. The van der Waals surface area contributed by atoms with Crippen molar-refractivity contribution in [3.63, 3.8) is 0 Å². The summed E-state index contributed by atoms with van der Waals surface area (Å²) in [4.78, 5) is 44.8. The highest BCUT2D eigenvalue weighted by atomic mass is 35.5. The number of nitrogens with one attached hydrogen (secondary N) is 3. The highest BCUT2D eigenvalue weighted by Crippen LogP contribution is 2.23. The van der Waals surface area contributed by atoms with Crippen molar-refractivity contribution < 1.29 is 14.4 Å². The third-order valence-electron chi connectivity index (χ3n) is 6.32. The zero-order valence-electron chi connectivity index (χ0n) is 20.6. The number of urea groups is 1. The molecule has 4 amide bonds. The Morgan fingerprint density at radius 1 is 1.25 bits per heavy atom. The van der Waals surface area contributed by atoms with E-state index in [1.54, 1.807) is 29.2 Å². The zero-order valence-corrected chi connectivity index (χ0v) is 23.0. The van der Waals surface area contributed by atoms with Crippen LogP contribution in [0.5, 0.6) is 0 Å². The lowest BCUT2D eigenvalue weighted by molar-refractivity contribution is -0.119. The molecule has 0 radical (unpaired) electrons. The van der Waals surface area contributed by atoms with Gasteiger partial charge in [-0.2, -0.15) is 11.3 Å². The van der Waals surface area contributed by atoms with Crippen LogP contribution in [0.15, 0.2) is 22.9 Å². The van der Waals surface area contributed by atoms with Crippen molar-refractivity contribution in [2.45, 2.75) is 58.7 Å². The van der Waals surface area contributed by atoms with Gasteiger partial charge in [-0.15, -0.1) is 0 Å². The molecule has 1 fully saturated rings. The molecular weight excluding hydrogens is 523 g/mol. The minimum atomic E-state index is -0.320. The largest absolute Gasteiger partial charge is 0.352 e. The molecule has 36 heavy (non-hydrogen) atoms. The summed E-state index contributed by atoms with van der Waals surface area (Å²) in [6, 6.07) is 3.63. The van der Waals surface area contributed by atoms with E-state index >= 15 is 0 Å². The number of pyridine rings is 1. The maximum Gasteiger partial charge on any atom is 0.336 e. The average molecular weight is 556 g/mol. The molecule has 9 nitrogen and oxygen atoms in total. The van der Waals surface area contributed by atoms with Gasteiger partial charge in [-0.3, -0.25) is 15.0 Å². The Labute approximate surface area is 225 Å². The van der Waals surface area contributed by atoms with Crippen LogP contribution in [0.2, 0.25) is 10.3 Å². The Kier molecular flexibility index (Phi) is 10.4. The predicted octanol–water partition coefficient (Wildman–Crippen LogP) is 3.99. The van der Waals surface area contributed by atoms with Gasteiger partial charge in [0, 0.05) is 45.2 Å². The third kappa shape index (κ3) is 7.80. The summed E-state index contributed by atoms with van der Waals surface area (Å²) in [5.74, 6) is -0.582. The van der Waals surface area contributed by atoms with E-state index in [1.807, 2.05) is 16.8 Å². The summed E-state index contributed by atoms with van der Waals surface area (Å²) in [6.45, 7) is 7.93. The summed E-state index contributed by atoms with van der Waals surface area (Å²) >= 11 is 13.6. The Bertz CT molecular complexity index is 1040. The van der Waals surface area contributed by atoms with Gasteiger partial charge in [0.25, 0.3) is 5.91 Å². The van der Waals surface area contributed by atoms with Gasteiger partial charge >= 0.3 is 6.03 Å². The SMILES string of the molecule is CC(=O)NNC(=O)N(Cc1ccsc1)C1CCN(C(C)CCNC(=O)c2c(C)cc(Cl)nc2Cl)CC1. The lowest BCUT2D eigenvalue weighted by atomic mass is 10.0. The standard InChI is InChI=1S/C24H32Cl2N6O3S/c1-15-12-20(25)28-22(26)21(15)23(34)27-8-4-16(2)31-9-5-19(6-10-31)32(13-18-7-11-36-14-18)24(35)30-29-17(3)33/h7,11-12,14,16,19H,4-6,8-10,13H2,1-3H3,(H,27,34)(H,29,33)(H,30,35). The van der Waals surface area contributed by atoms with Crippen LogP contribution >= 0.6 is 34.5 Å². The first-order valence-corrected chi connectivity index (χ1v) is 13.5. The molecule has 196 valence electrons. The number of hydrazine groups is 1. The first-order valence-electron chi connectivity index (χ1n) is 11.8. The molecule has 0 aliphatic carbocycles. The Morgan fingerprint density at radius 3 is 2.58 bits per heavy atom. The molecule has 0 bridgehead atoms. The van der Waals surface area contributed by atoms with Crippen molar-refractivity contribution in [1.29, 1.82) is 0 Å². The number of hydrogen-bond donors (Lipinski definition) is 3. The average Bonchev–Trinajstić information content (AvgIpc) is 3.34. The van der Waals surface area contributed by atoms with E-state index in [-0.39, 0.29) is 40.2 Å². The lowest BCUT2D eigenvalue weighted by Crippen LogP contribution is -2.54. The van der Waals surface area contributed by atoms with Crippen molar-refractivity contribution in [2.24, 2.45) is 0 Å². The van der Waals surface area contributed by atoms with Gasteiger partial charge in [0.05, 0.1) is 5.56 Å². The molecule has 3 rings (SSSR count). The molecule has 1 aliphatic heterocycles. The van der Waals surface area contributed by atoms with Gasteiger partial charge in [-0.1, -0.05) is 23.2 Å². The number of nitrogens with zero attached hydrogens (tertiary/aromatic N) is 3. The quantitative estimate of drug-likeness (QED) is 0.337. The van der Waals surface area contributed by atoms with Crippen LogP contribution in [0.4, 0.5) is 4.79 Å². The highest BCUT2D eigenvalue weighted by Gasteiger charge is 2.30. The number of likely N-dealkylation sites (tertiary alicyclic amines) is 1. The highest BCUT2D eigenvalue weighted by molar-refractivity contribution is 7.07. The van der Waals surface area contributed by atoms with Gasteiger partial charge in [0.15, 0.2) is 0 Å². The zero-order chi connectivity index (χ0) is 26.2. The van der Waals surface area contributed by atoms with Crippen molar-refractivity contribution in [3.05, 3.63) is 49.9 Å². The molecule has 0 spiro atoms. The number of thiophene rings is 1. The number of amides is 4. The summed E-state index contributed by atoms with van der Waals surface area (Å²) in [5, 5.41) is 7.30. The maximum absolute atomic E-state index is 12.8. The molecule has 1 atom stereocenters. The fraction of sp³-hybridized carbons (Fsp3) is 0.500. The number of halogens is 2. The fourth-order valence-electron chi connectivity index (χ4n) is 4.33. The minimum absolute atomic E-state index is 0.0596. The first kappa shape index (κ1) is 28.2. The summed E-state index contributed by atoms with van der Waals surface area (Å²) < 4.78 is 0. The third-order valence-corrected chi connectivity index (χ3v) is 7.52. The smallest absolute Gasteiger partial charge is 0.336 e. The molecule has 1 saturated heterocycles. The molecule has 12 heteroatoms. The maximum atomic E-state index is 12.8. The second-order valence-electron chi connectivity index (χ2n) is 8.96. The van der Waals surface area contributed by atoms with E-state index in [2.05, 4.69) is 33.0 Å². The van der Waals surface area contributed by atoms with E-state index in [9.17, 15) is 14.4 Å². The van der Waals surface area contributed by atoms with E-state index in [0.717, 1.165) is 37.9 Å². The molecule has 3 heterocycles. The van der Waals surface area contributed by atoms with E-state index < -0.39 is 0 Å². The number of rotatable bonds is 8. The number of carbonyl (C=O) groups excluding carboxylic acids is 3. The Balaban J connectivity index is 1.50. The van der Waals surface area contributed by atoms with Gasteiger partial charge in [0.1, 0.15) is 10.3 Å². The van der Waals surface area contributed by atoms with Gasteiger partial charge in [0.2, 0.25) is 5.91 Å². The van der Waals surface area contributed by atoms with Crippen molar-refractivity contribution in [1.82, 2.24) is 31.0 Å². The van der Waals surface area contributed by atoms with E-state index in [0.29, 0.717) is 24.2 Å². The lowest BCUT2D eigenvalue weighted by Gasteiger charge is -2.40. The number of carbonyl (C=O) groups is 3. The van der Waals surface area contributed by atoms with Crippen LogP contribution in [0, 0.1) is 6.92 Å². The van der Waals surface area contributed by atoms with Crippen LogP contribution in [0.25, 0.3) is 0 Å². The fourth-order valence-corrected chi connectivity index (χ4v) is 5.61. The number of piperidine rings is 1. The first-order chi connectivity index (χ1) is 17.2. The molecule has 0 aromatic carbocycles. The molecule has 3 N–H and O–H groups in total. The van der Waals surface area contributed by atoms with E-state index in [4.69, 9.17) is 23.2 Å². The van der Waals surface area contributed by atoms with Crippen molar-refractivity contribution >= 4 is 52.4 Å². The number of aromatic nitrogens is 1. The van der Waals surface area contributed by atoms with Crippen LogP contribution in [-0.4, -0.2) is 64.3 Å². The minimum Gasteiger partial charge on any atom is -0.352 e. The summed E-state index contributed by atoms with van der Waals surface area (Å²) in [7, 11) is 0.